The molecule has 1 N–H and O–H groups in total. The first kappa shape index (κ1) is 24.6. The van der Waals surface area contributed by atoms with Crippen LogP contribution in [0, 0.1) is 19.7 Å². The fourth-order valence-corrected chi connectivity index (χ4v) is 3.89. The van der Waals surface area contributed by atoms with Gasteiger partial charge in [0.25, 0.3) is 5.56 Å². The van der Waals surface area contributed by atoms with E-state index in [1.807, 2.05) is 6.92 Å². The van der Waals surface area contributed by atoms with Crippen molar-refractivity contribution in [1.82, 2.24) is 24.5 Å². The van der Waals surface area contributed by atoms with Crippen molar-refractivity contribution in [1.29, 1.82) is 0 Å². The molecule has 0 spiro atoms. The lowest BCUT2D eigenvalue weighted by Gasteiger charge is -2.18. The van der Waals surface area contributed by atoms with Crippen LogP contribution in [-0.2, 0) is 12.2 Å². The summed E-state index contributed by atoms with van der Waals surface area (Å²) in [6, 6.07) is 8.82. The van der Waals surface area contributed by atoms with Gasteiger partial charge in [-0.15, -0.1) is 0 Å². The van der Waals surface area contributed by atoms with Crippen molar-refractivity contribution in [2.24, 2.45) is 0 Å². The van der Waals surface area contributed by atoms with Crippen LogP contribution in [0.3, 0.4) is 0 Å². The number of rotatable bonds is 6. The van der Waals surface area contributed by atoms with E-state index < -0.39 is 11.4 Å². The van der Waals surface area contributed by atoms with Gasteiger partial charge in [0.15, 0.2) is 5.82 Å². The smallest absolute Gasteiger partial charge is 0.273 e. The molecule has 0 amide bonds. The zero-order valence-electron chi connectivity index (χ0n) is 19.6. The van der Waals surface area contributed by atoms with Gasteiger partial charge in [0, 0.05) is 18.0 Å². The average Bonchev–Trinajstić information content (AvgIpc) is 2.82. The molecule has 0 aliphatic heterocycles. The molecule has 0 radical (unpaired) electrons. The molecular formula is C25H23BrFN5O3. The summed E-state index contributed by atoms with van der Waals surface area (Å²) in [5, 5.41) is 10.3. The number of hydrogen-bond donors (Lipinski definition) is 1. The van der Waals surface area contributed by atoms with Gasteiger partial charge in [0.1, 0.15) is 34.5 Å². The van der Waals surface area contributed by atoms with E-state index in [0.29, 0.717) is 28.5 Å². The number of pyridine rings is 3. The molecule has 0 fully saturated rings. The van der Waals surface area contributed by atoms with Crippen LogP contribution in [0.4, 0.5) is 4.39 Å². The number of halogens is 2. The molecule has 8 nitrogen and oxygen atoms in total. The Hall–Kier alpha value is -3.50. The molecule has 10 heteroatoms. The topological polar surface area (TPSA) is 103 Å². The van der Waals surface area contributed by atoms with E-state index >= 15 is 0 Å². The highest BCUT2D eigenvalue weighted by atomic mass is 79.9. The van der Waals surface area contributed by atoms with Crippen LogP contribution in [0.25, 0.3) is 17.1 Å². The molecule has 4 aromatic rings. The molecule has 0 aliphatic rings. The summed E-state index contributed by atoms with van der Waals surface area (Å²) in [5.74, 6) is -0.316. The maximum atomic E-state index is 13.8. The number of aromatic nitrogens is 5. The standard InChI is InChI=1S/C25H23BrFN5O3/c1-14-10-29-18(17-6-5-7-22(31-17)25(3,4)34)9-20(14)32-15(2)8-21(23(26)24(32)33)35-12-19-16(27)11-28-13-30-19/h5-11,13,34H,12H2,1-4H3. The Morgan fingerprint density at radius 1 is 1.14 bits per heavy atom. The molecule has 0 aliphatic carbocycles. The van der Waals surface area contributed by atoms with Crippen LogP contribution in [0.15, 0.2) is 58.3 Å². The first-order chi connectivity index (χ1) is 16.6. The van der Waals surface area contributed by atoms with E-state index in [9.17, 15) is 14.3 Å². The minimum atomic E-state index is -1.10. The maximum absolute atomic E-state index is 13.8. The predicted octanol–water partition coefficient (Wildman–Crippen LogP) is 4.41. The zero-order chi connectivity index (χ0) is 25.3. The lowest BCUT2D eigenvalue weighted by molar-refractivity contribution is 0.0740. The van der Waals surface area contributed by atoms with Gasteiger partial charge >= 0.3 is 0 Å². The summed E-state index contributed by atoms with van der Waals surface area (Å²) in [4.78, 5) is 29.9. The Kier molecular flexibility index (Phi) is 6.77. The second-order valence-corrected chi connectivity index (χ2v) is 9.33. The summed E-state index contributed by atoms with van der Waals surface area (Å²) in [6.07, 6.45) is 3.96. The molecule has 0 atom stereocenters. The Balaban J connectivity index is 1.73. The fourth-order valence-electron chi connectivity index (χ4n) is 3.49. The van der Waals surface area contributed by atoms with Gasteiger partial charge in [-0.25, -0.2) is 19.3 Å². The second kappa shape index (κ2) is 9.63. The minimum Gasteiger partial charge on any atom is -0.486 e. The lowest BCUT2D eigenvalue weighted by atomic mass is 10.0. The summed E-state index contributed by atoms with van der Waals surface area (Å²) < 4.78 is 21.3. The van der Waals surface area contributed by atoms with Crippen molar-refractivity contribution in [3.63, 3.8) is 0 Å². The monoisotopic (exact) mass is 539 g/mol. The first-order valence-corrected chi connectivity index (χ1v) is 11.5. The predicted molar refractivity (Wildman–Crippen MR) is 132 cm³/mol. The summed E-state index contributed by atoms with van der Waals surface area (Å²) in [5.41, 5.74) is 2.29. The molecule has 0 saturated heterocycles. The Bertz CT molecular complexity index is 1470. The van der Waals surface area contributed by atoms with E-state index in [-0.39, 0.29) is 28.1 Å². The van der Waals surface area contributed by atoms with Crippen molar-refractivity contribution in [3.8, 4) is 22.8 Å². The number of aliphatic hydroxyl groups is 1. The van der Waals surface area contributed by atoms with Crippen molar-refractivity contribution in [3.05, 3.63) is 92.3 Å². The molecule has 0 saturated carbocycles. The number of ether oxygens (including phenoxy) is 1. The van der Waals surface area contributed by atoms with Crippen molar-refractivity contribution < 1.29 is 14.2 Å². The van der Waals surface area contributed by atoms with Crippen LogP contribution in [0.2, 0.25) is 0 Å². The summed E-state index contributed by atoms with van der Waals surface area (Å²) in [6.45, 7) is 6.80. The molecule has 180 valence electrons. The van der Waals surface area contributed by atoms with Gasteiger partial charge in [-0.2, -0.15) is 0 Å². The molecule has 0 unspecified atom stereocenters. The highest BCUT2D eigenvalue weighted by Gasteiger charge is 2.20. The number of nitrogens with zero attached hydrogens (tertiary/aromatic N) is 5. The Labute approximate surface area is 209 Å². The first-order valence-electron chi connectivity index (χ1n) is 10.7. The van der Waals surface area contributed by atoms with Crippen molar-refractivity contribution in [2.45, 2.75) is 39.9 Å². The van der Waals surface area contributed by atoms with Crippen LogP contribution >= 0.6 is 15.9 Å². The van der Waals surface area contributed by atoms with E-state index in [0.717, 1.165) is 11.8 Å². The summed E-state index contributed by atoms with van der Waals surface area (Å²) in [7, 11) is 0. The lowest BCUT2D eigenvalue weighted by Crippen LogP contribution is -2.23. The Morgan fingerprint density at radius 3 is 2.63 bits per heavy atom. The van der Waals surface area contributed by atoms with Gasteiger partial charge < -0.3 is 9.84 Å². The van der Waals surface area contributed by atoms with Gasteiger partial charge in [0.05, 0.1) is 29.0 Å². The third-order valence-corrected chi connectivity index (χ3v) is 6.09. The number of aryl methyl sites for hydroxylation is 2. The quantitative estimate of drug-likeness (QED) is 0.387. The van der Waals surface area contributed by atoms with E-state index in [1.54, 1.807) is 61.9 Å². The normalized spacial score (nSPS) is 11.5. The van der Waals surface area contributed by atoms with E-state index in [1.165, 1.54) is 6.33 Å². The third-order valence-electron chi connectivity index (χ3n) is 5.36. The summed E-state index contributed by atoms with van der Waals surface area (Å²) >= 11 is 3.33. The molecule has 35 heavy (non-hydrogen) atoms. The van der Waals surface area contributed by atoms with Crippen molar-refractivity contribution >= 4 is 15.9 Å². The average molecular weight is 540 g/mol. The Morgan fingerprint density at radius 2 is 1.91 bits per heavy atom. The molecular weight excluding hydrogens is 517 g/mol. The molecule has 0 aromatic carbocycles. The van der Waals surface area contributed by atoms with E-state index in [2.05, 4.69) is 35.9 Å². The SMILES string of the molecule is Cc1cnc(-c2cccc(C(C)(C)O)n2)cc1-n1c(C)cc(OCc2ncncc2F)c(Br)c1=O. The molecule has 4 rings (SSSR count). The highest BCUT2D eigenvalue weighted by molar-refractivity contribution is 9.10. The zero-order valence-corrected chi connectivity index (χ0v) is 21.2. The molecule has 4 heterocycles. The van der Waals surface area contributed by atoms with Gasteiger partial charge in [0.2, 0.25) is 0 Å². The van der Waals surface area contributed by atoms with Crippen LogP contribution in [-0.4, -0.2) is 29.6 Å². The third kappa shape index (κ3) is 5.13. The van der Waals surface area contributed by atoms with Gasteiger partial charge in [-0.05, 0) is 67.4 Å². The second-order valence-electron chi connectivity index (χ2n) is 8.53. The molecule has 0 bridgehead atoms. The van der Waals surface area contributed by atoms with Gasteiger partial charge in [-0.3, -0.25) is 14.3 Å². The largest absolute Gasteiger partial charge is 0.486 e. The van der Waals surface area contributed by atoms with Crippen LogP contribution < -0.4 is 10.3 Å². The van der Waals surface area contributed by atoms with Crippen LogP contribution in [0.5, 0.6) is 5.75 Å². The maximum Gasteiger partial charge on any atom is 0.273 e. The number of hydrogen-bond acceptors (Lipinski definition) is 7. The van der Waals surface area contributed by atoms with Gasteiger partial charge in [-0.1, -0.05) is 6.07 Å². The van der Waals surface area contributed by atoms with Crippen LogP contribution in [0.1, 0.15) is 36.5 Å². The molecule has 4 aromatic heterocycles. The van der Waals surface area contributed by atoms with Crippen molar-refractivity contribution in [2.75, 3.05) is 0 Å². The minimum absolute atomic E-state index is 0.0872. The van der Waals surface area contributed by atoms with E-state index in [4.69, 9.17) is 4.74 Å². The highest BCUT2D eigenvalue weighted by Crippen LogP contribution is 2.28. The fraction of sp³-hybridized carbons (Fsp3) is 0.240.